The van der Waals surface area contributed by atoms with Crippen LogP contribution in [0.5, 0.6) is 0 Å². The summed E-state index contributed by atoms with van der Waals surface area (Å²) in [6.45, 7) is 5.83. The summed E-state index contributed by atoms with van der Waals surface area (Å²) in [7, 11) is -2.42. The highest BCUT2D eigenvalue weighted by molar-refractivity contribution is 7.92. The first-order valence-electron chi connectivity index (χ1n) is 11.3. The van der Waals surface area contributed by atoms with Gasteiger partial charge in [0.25, 0.3) is 10.0 Å². The number of nitrogens with one attached hydrogen (secondary N) is 3. The molecule has 0 radical (unpaired) electrons. The minimum absolute atomic E-state index is 0. The fourth-order valence-corrected chi connectivity index (χ4v) is 5.32. The lowest BCUT2D eigenvalue weighted by molar-refractivity contribution is -0.685. The molecule has 0 aliphatic carbocycles. The van der Waals surface area contributed by atoms with Gasteiger partial charge in [0.1, 0.15) is 0 Å². The second kappa shape index (κ2) is 13.4. The molecule has 0 spiro atoms. The van der Waals surface area contributed by atoms with E-state index in [-0.39, 0.29) is 42.3 Å². The summed E-state index contributed by atoms with van der Waals surface area (Å²) in [5.74, 6) is -0.123. The quantitative estimate of drug-likeness (QED) is 0.0964. The fraction of sp³-hybridized carbons (Fsp3) is 0.231. The number of halogens is 1. The summed E-state index contributed by atoms with van der Waals surface area (Å²) in [4.78, 5) is 16.1. The SMILES string of the molecule is COC(=O)C[n+]1ccc(NC(=NCc2ccc(NS(=O)(=O)c3c(C)cc(C)cc3C)cc2)NC#N)cc1.Cl. The van der Waals surface area contributed by atoms with E-state index in [0.29, 0.717) is 22.5 Å². The number of carbonyl (C=O) groups excluding carboxylic acids is 1. The van der Waals surface area contributed by atoms with Crippen molar-refractivity contribution in [2.24, 2.45) is 4.99 Å². The molecule has 3 N–H and O–H groups in total. The maximum atomic E-state index is 13.0. The van der Waals surface area contributed by atoms with E-state index in [2.05, 4.69) is 25.1 Å². The monoisotopic (exact) mass is 557 g/mol. The van der Waals surface area contributed by atoms with E-state index in [4.69, 9.17) is 5.26 Å². The molecule has 1 heterocycles. The summed E-state index contributed by atoms with van der Waals surface area (Å²) in [5.41, 5.74) is 4.30. The Kier molecular flexibility index (Phi) is 10.6. The first-order chi connectivity index (χ1) is 17.6. The number of hydrogen-bond donors (Lipinski definition) is 3. The summed E-state index contributed by atoms with van der Waals surface area (Å²) in [6.07, 6.45) is 5.24. The molecule has 200 valence electrons. The van der Waals surface area contributed by atoms with Crippen molar-refractivity contribution in [3.63, 3.8) is 0 Å². The van der Waals surface area contributed by atoms with Crippen molar-refractivity contribution in [2.45, 2.75) is 38.8 Å². The number of guanidine groups is 1. The molecule has 0 atom stereocenters. The van der Waals surface area contributed by atoms with Crippen LogP contribution in [0.3, 0.4) is 0 Å². The number of carbonyl (C=O) groups is 1. The van der Waals surface area contributed by atoms with Crippen LogP contribution in [0.4, 0.5) is 11.4 Å². The molecule has 0 saturated carbocycles. The van der Waals surface area contributed by atoms with Gasteiger partial charge in [-0.2, -0.15) is 9.83 Å². The molecule has 0 aliphatic heterocycles. The topological polar surface area (TPSA) is 137 Å². The van der Waals surface area contributed by atoms with Gasteiger partial charge < -0.3 is 10.1 Å². The molecular formula is C26H30ClN6O4S+. The molecule has 0 unspecified atom stereocenters. The van der Waals surface area contributed by atoms with Gasteiger partial charge in [0.05, 0.1) is 24.2 Å². The minimum Gasteiger partial charge on any atom is -0.464 e. The van der Waals surface area contributed by atoms with Gasteiger partial charge in [0.2, 0.25) is 12.5 Å². The van der Waals surface area contributed by atoms with Crippen molar-refractivity contribution in [1.29, 1.82) is 5.26 Å². The molecule has 0 saturated heterocycles. The zero-order chi connectivity index (χ0) is 27.0. The van der Waals surface area contributed by atoms with Crippen LogP contribution in [-0.2, 0) is 32.6 Å². The van der Waals surface area contributed by atoms with Gasteiger partial charge in [-0.15, -0.1) is 12.4 Å². The van der Waals surface area contributed by atoms with Crippen LogP contribution >= 0.6 is 12.4 Å². The van der Waals surface area contributed by atoms with Crippen molar-refractivity contribution < 1.29 is 22.5 Å². The Morgan fingerprint density at radius 1 is 1.03 bits per heavy atom. The van der Waals surface area contributed by atoms with E-state index < -0.39 is 10.0 Å². The number of rotatable bonds is 8. The molecule has 3 rings (SSSR count). The van der Waals surface area contributed by atoms with Crippen LogP contribution in [0.1, 0.15) is 22.3 Å². The highest BCUT2D eigenvalue weighted by atomic mass is 35.5. The van der Waals surface area contributed by atoms with Crippen LogP contribution in [0, 0.1) is 32.2 Å². The first-order valence-corrected chi connectivity index (χ1v) is 12.8. The molecule has 12 heteroatoms. The number of aromatic nitrogens is 1. The number of sulfonamides is 1. The Balaban J connectivity index is 0.00000507. The molecule has 0 aliphatic rings. The zero-order valence-electron chi connectivity index (χ0n) is 21.5. The maximum Gasteiger partial charge on any atom is 0.372 e. The summed E-state index contributed by atoms with van der Waals surface area (Å²) in [6, 6.07) is 14.0. The number of anilines is 2. The molecule has 0 fully saturated rings. The first kappa shape index (κ1) is 30.1. The van der Waals surface area contributed by atoms with Crippen molar-refractivity contribution >= 4 is 45.7 Å². The number of aliphatic imine (C=N–C) groups is 1. The standard InChI is InChI=1S/C26H28N6O4S.ClH/c1-18-13-19(2)25(20(3)14-18)37(34,35)31-23-7-5-21(6-8-23)15-28-26(29-17-27)30-22-9-11-32(12-10-22)16-24(33)36-4;/h5-14,31H,15-16H2,1-4H3,(H,28,29);1H/p+1. The maximum absolute atomic E-state index is 13.0. The lowest BCUT2D eigenvalue weighted by Gasteiger charge is -2.14. The molecule has 0 bridgehead atoms. The Morgan fingerprint density at radius 3 is 2.18 bits per heavy atom. The van der Waals surface area contributed by atoms with E-state index >= 15 is 0 Å². The van der Waals surface area contributed by atoms with Gasteiger partial charge in [-0.25, -0.2) is 18.2 Å². The average Bonchev–Trinajstić information content (AvgIpc) is 2.83. The minimum atomic E-state index is -3.74. The number of pyridine rings is 1. The highest BCUT2D eigenvalue weighted by Gasteiger charge is 2.20. The number of hydrogen-bond acceptors (Lipinski definition) is 6. The van der Waals surface area contributed by atoms with E-state index in [1.54, 1.807) is 67.2 Å². The van der Waals surface area contributed by atoms with Crippen molar-refractivity contribution in [2.75, 3.05) is 17.1 Å². The van der Waals surface area contributed by atoms with Crippen LogP contribution in [-0.4, -0.2) is 27.5 Å². The van der Waals surface area contributed by atoms with Crippen molar-refractivity contribution in [1.82, 2.24) is 5.32 Å². The summed E-state index contributed by atoms with van der Waals surface area (Å²) < 4.78 is 34.9. The molecule has 3 aromatic rings. The summed E-state index contributed by atoms with van der Waals surface area (Å²) in [5, 5.41) is 14.6. The Bertz CT molecular complexity index is 1430. The molecule has 0 amide bonds. The second-order valence-electron chi connectivity index (χ2n) is 8.39. The Morgan fingerprint density at radius 2 is 1.63 bits per heavy atom. The normalized spacial score (nSPS) is 11.1. The lowest BCUT2D eigenvalue weighted by atomic mass is 10.1. The molecule has 2 aromatic carbocycles. The van der Waals surface area contributed by atoms with E-state index in [1.807, 2.05) is 25.2 Å². The smallest absolute Gasteiger partial charge is 0.372 e. The molecular weight excluding hydrogens is 528 g/mol. The number of esters is 1. The average molecular weight is 558 g/mol. The largest absolute Gasteiger partial charge is 0.464 e. The predicted molar refractivity (Wildman–Crippen MR) is 147 cm³/mol. The third-order valence-electron chi connectivity index (χ3n) is 5.37. The van der Waals surface area contributed by atoms with Gasteiger partial charge >= 0.3 is 5.97 Å². The van der Waals surface area contributed by atoms with Crippen molar-refractivity contribution in [3.8, 4) is 6.19 Å². The Labute approximate surface area is 228 Å². The van der Waals surface area contributed by atoms with Gasteiger partial charge in [-0.05, 0) is 49.6 Å². The number of nitrogens with zero attached hydrogens (tertiary/aromatic N) is 3. The van der Waals surface area contributed by atoms with Gasteiger partial charge in [0, 0.05) is 17.8 Å². The number of aryl methyl sites for hydroxylation is 3. The third kappa shape index (κ3) is 8.19. The Hall–Kier alpha value is -4.14. The number of nitriles is 1. The van der Waals surface area contributed by atoms with E-state index in [0.717, 1.165) is 11.1 Å². The summed E-state index contributed by atoms with van der Waals surface area (Å²) >= 11 is 0. The third-order valence-corrected chi connectivity index (χ3v) is 7.05. The van der Waals surface area contributed by atoms with Crippen LogP contribution in [0.2, 0.25) is 0 Å². The van der Waals surface area contributed by atoms with Crippen LogP contribution < -0.4 is 19.9 Å². The number of methoxy groups -OCH3 is 1. The number of ether oxygens (including phenoxy) is 1. The molecule has 10 nitrogen and oxygen atoms in total. The van der Waals surface area contributed by atoms with Gasteiger partial charge in [0.15, 0.2) is 18.6 Å². The van der Waals surface area contributed by atoms with Gasteiger partial charge in [-0.1, -0.05) is 29.8 Å². The molecule has 38 heavy (non-hydrogen) atoms. The fourth-order valence-electron chi connectivity index (χ4n) is 3.81. The van der Waals surface area contributed by atoms with Crippen LogP contribution in [0.25, 0.3) is 0 Å². The predicted octanol–water partition coefficient (Wildman–Crippen LogP) is 3.33. The van der Waals surface area contributed by atoms with E-state index in [1.165, 1.54) is 7.11 Å². The van der Waals surface area contributed by atoms with E-state index in [9.17, 15) is 13.2 Å². The van der Waals surface area contributed by atoms with Crippen LogP contribution in [0.15, 0.2) is 70.8 Å². The van der Waals surface area contributed by atoms with Gasteiger partial charge in [-0.3, -0.25) is 10.0 Å². The molecule has 1 aromatic heterocycles. The lowest BCUT2D eigenvalue weighted by Crippen LogP contribution is -2.37. The highest BCUT2D eigenvalue weighted by Crippen LogP contribution is 2.24. The van der Waals surface area contributed by atoms with Crippen molar-refractivity contribution in [3.05, 3.63) is 83.2 Å². The second-order valence-corrected chi connectivity index (χ2v) is 10.0. The zero-order valence-corrected chi connectivity index (χ0v) is 23.1. The number of benzene rings is 2.